The van der Waals surface area contributed by atoms with Crippen LogP contribution in [0.1, 0.15) is 29.5 Å². The number of hydrogen-bond acceptors (Lipinski definition) is 4. The topological polar surface area (TPSA) is 87.8 Å². The van der Waals surface area contributed by atoms with E-state index in [0.29, 0.717) is 17.4 Å². The molecule has 0 radical (unpaired) electrons. The minimum atomic E-state index is -3.46. The molecule has 0 saturated carbocycles. The number of rotatable bonds is 5. The summed E-state index contributed by atoms with van der Waals surface area (Å²) >= 11 is 1.49. The summed E-state index contributed by atoms with van der Waals surface area (Å²) < 4.78 is 27.1. The zero-order chi connectivity index (χ0) is 17.0. The molecule has 6 nitrogen and oxygen atoms in total. The highest BCUT2D eigenvalue weighted by Crippen LogP contribution is 2.24. The molecule has 0 aromatic carbocycles. The molecule has 24 heavy (non-hydrogen) atoms. The molecule has 138 valence electrons. The SMILES string of the molecule is Cc1cc(S(=O)(=O)NCCN=C(N)N2CCC(C)CC2)c(C)s1.I. The molecule has 0 aliphatic carbocycles. The Labute approximate surface area is 166 Å². The molecule has 3 N–H and O–H groups in total. The van der Waals surface area contributed by atoms with Crippen LogP contribution in [0.3, 0.4) is 0 Å². The molecule has 0 spiro atoms. The maximum atomic E-state index is 12.3. The van der Waals surface area contributed by atoms with Gasteiger partial charge in [0, 0.05) is 29.4 Å². The van der Waals surface area contributed by atoms with Crippen LogP contribution >= 0.6 is 35.3 Å². The first-order valence-electron chi connectivity index (χ1n) is 7.91. The minimum Gasteiger partial charge on any atom is -0.370 e. The molecule has 1 saturated heterocycles. The van der Waals surface area contributed by atoms with Gasteiger partial charge in [0.1, 0.15) is 0 Å². The number of piperidine rings is 1. The Hall–Kier alpha value is -0.390. The quantitative estimate of drug-likeness (QED) is 0.290. The summed E-state index contributed by atoms with van der Waals surface area (Å²) in [4.78, 5) is 8.52. The van der Waals surface area contributed by atoms with E-state index in [9.17, 15) is 8.42 Å². The lowest BCUT2D eigenvalue weighted by Gasteiger charge is -2.31. The Morgan fingerprint density at radius 1 is 1.42 bits per heavy atom. The van der Waals surface area contributed by atoms with E-state index in [4.69, 9.17) is 5.73 Å². The first-order valence-corrected chi connectivity index (χ1v) is 10.2. The molecular formula is C15H27IN4O2S2. The Kier molecular flexibility index (Phi) is 8.43. The Balaban J connectivity index is 0.00000288. The predicted octanol–water partition coefficient (Wildman–Crippen LogP) is 2.31. The van der Waals surface area contributed by atoms with Crippen molar-refractivity contribution >= 4 is 51.3 Å². The number of sulfonamides is 1. The number of aliphatic imine (C=N–C) groups is 1. The van der Waals surface area contributed by atoms with Crippen LogP contribution in [0.2, 0.25) is 0 Å². The van der Waals surface area contributed by atoms with Crippen LogP contribution in [0.5, 0.6) is 0 Å². The number of nitrogens with zero attached hydrogens (tertiary/aromatic N) is 2. The molecule has 2 rings (SSSR count). The fourth-order valence-corrected chi connectivity index (χ4v) is 5.21. The van der Waals surface area contributed by atoms with E-state index >= 15 is 0 Å². The molecule has 2 heterocycles. The highest BCUT2D eigenvalue weighted by atomic mass is 127. The standard InChI is InChI=1S/C15H26N4O2S2.HI/c1-11-4-8-19(9-5-11)15(16)17-6-7-18-23(20,21)14-10-12(2)22-13(14)3;/h10-11,18H,4-9H2,1-3H3,(H2,16,17);1H. The third kappa shape index (κ3) is 5.85. The average molecular weight is 486 g/mol. The van der Waals surface area contributed by atoms with Gasteiger partial charge in [-0.15, -0.1) is 35.3 Å². The second-order valence-electron chi connectivity index (χ2n) is 6.08. The smallest absolute Gasteiger partial charge is 0.241 e. The van der Waals surface area contributed by atoms with Gasteiger partial charge in [0.15, 0.2) is 5.96 Å². The van der Waals surface area contributed by atoms with Gasteiger partial charge in [-0.1, -0.05) is 6.92 Å². The highest BCUT2D eigenvalue weighted by Gasteiger charge is 2.19. The van der Waals surface area contributed by atoms with E-state index in [2.05, 4.69) is 21.5 Å². The lowest BCUT2D eigenvalue weighted by Crippen LogP contribution is -2.42. The van der Waals surface area contributed by atoms with Crippen LogP contribution in [0, 0.1) is 19.8 Å². The molecular weight excluding hydrogens is 459 g/mol. The first-order chi connectivity index (χ1) is 10.8. The summed E-state index contributed by atoms with van der Waals surface area (Å²) in [5.74, 6) is 1.25. The van der Waals surface area contributed by atoms with Crippen molar-refractivity contribution in [2.75, 3.05) is 26.2 Å². The van der Waals surface area contributed by atoms with E-state index in [0.717, 1.165) is 41.6 Å². The number of hydrogen-bond donors (Lipinski definition) is 2. The van der Waals surface area contributed by atoms with Crippen molar-refractivity contribution in [3.63, 3.8) is 0 Å². The molecule has 1 fully saturated rings. The lowest BCUT2D eigenvalue weighted by molar-refractivity contribution is 0.277. The molecule has 1 aromatic rings. The third-order valence-corrected chi connectivity index (χ3v) is 6.75. The van der Waals surface area contributed by atoms with Gasteiger partial charge in [0.25, 0.3) is 0 Å². The predicted molar refractivity (Wildman–Crippen MR) is 111 cm³/mol. The minimum absolute atomic E-state index is 0. The van der Waals surface area contributed by atoms with Gasteiger partial charge in [0.05, 0.1) is 11.4 Å². The van der Waals surface area contributed by atoms with Crippen LogP contribution in [-0.2, 0) is 10.0 Å². The summed E-state index contributed by atoms with van der Waals surface area (Å²) in [6.07, 6.45) is 2.25. The van der Waals surface area contributed by atoms with Gasteiger partial charge in [-0.25, -0.2) is 13.1 Å². The molecule has 9 heteroatoms. The van der Waals surface area contributed by atoms with Crippen molar-refractivity contribution in [2.24, 2.45) is 16.6 Å². The Bertz CT molecular complexity index is 665. The van der Waals surface area contributed by atoms with Gasteiger partial charge >= 0.3 is 0 Å². The summed E-state index contributed by atoms with van der Waals surface area (Å²) in [6.45, 7) is 8.42. The van der Waals surface area contributed by atoms with Gasteiger partial charge < -0.3 is 10.6 Å². The van der Waals surface area contributed by atoms with Crippen molar-refractivity contribution in [3.8, 4) is 0 Å². The molecule has 0 amide bonds. The monoisotopic (exact) mass is 486 g/mol. The molecule has 1 aliphatic heterocycles. The van der Waals surface area contributed by atoms with Crippen molar-refractivity contribution in [2.45, 2.75) is 38.5 Å². The van der Waals surface area contributed by atoms with Crippen LogP contribution in [0.25, 0.3) is 0 Å². The molecule has 1 aromatic heterocycles. The summed E-state index contributed by atoms with van der Waals surface area (Å²) in [7, 11) is -3.46. The number of likely N-dealkylation sites (tertiary alicyclic amines) is 1. The summed E-state index contributed by atoms with van der Waals surface area (Å²) in [6, 6.07) is 1.70. The molecule has 0 unspecified atom stereocenters. The number of aryl methyl sites for hydroxylation is 2. The van der Waals surface area contributed by atoms with E-state index < -0.39 is 10.0 Å². The largest absolute Gasteiger partial charge is 0.370 e. The van der Waals surface area contributed by atoms with Gasteiger partial charge in [0.2, 0.25) is 10.0 Å². The second kappa shape index (κ2) is 9.35. The summed E-state index contributed by atoms with van der Waals surface area (Å²) in [5, 5.41) is 0. The second-order valence-corrected chi connectivity index (χ2v) is 9.28. The van der Waals surface area contributed by atoms with E-state index in [1.165, 1.54) is 11.3 Å². The van der Waals surface area contributed by atoms with Crippen LogP contribution in [0.15, 0.2) is 16.0 Å². The zero-order valence-electron chi connectivity index (χ0n) is 14.4. The molecule has 1 aliphatic rings. The van der Waals surface area contributed by atoms with Crippen molar-refractivity contribution < 1.29 is 8.42 Å². The van der Waals surface area contributed by atoms with E-state index in [1.807, 2.05) is 13.8 Å². The maximum absolute atomic E-state index is 12.3. The van der Waals surface area contributed by atoms with E-state index in [1.54, 1.807) is 6.07 Å². The van der Waals surface area contributed by atoms with Crippen molar-refractivity contribution in [1.29, 1.82) is 0 Å². The number of halogens is 1. The fraction of sp³-hybridized carbons (Fsp3) is 0.667. The number of nitrogens with two attached hydrogens (primary N) is 1. The van der Waals surface area contributed by atoms with Crippen LogP contribution in [-0.4, -0.2) is 45.5 Å². The fourth-order valence-electron chi connectivity index (χ4n) is 2.64. The number of nitrogens with one attached hydrogen (secondary N) is 1. The normalized spacial score (nSPS) is 17.0. The lowest BCUT2D eigenvalue weighted by atomic mass is 10.00. The van der Waals surface area contributed by atoms with E-state index in [-0.39, 0.29) is 30.5 Å². The number of guanidine groups is 1. The van der Waals surface area contributed by atoms with Crippen LogP contribution < -0.4 is 10.5 Å². The van der Waals surface area contributed by atoms with Gasteiger partial charge in [-0.05, 0) is 38.7 Å². The van der Waals surface area contributed by atoms with Gasteiger partial charge in [-0.3, -0.25) is 4.99 Å². The first kappa shape index (κ1) is 21.7. The van der Waals surface area contributed by atoms with Crippen molar-refractivity contribution in [1.82, 2.24) is 9.62 Å². The van der Waals surface area contributed by atoms with Crippen LogP contribution in [0.4, 0.5) is 0 Å². The third-order valence-electron chi connectivity index (χ3n) is 4.07. The Morgan fingerprint density at radius 3 is 2.58 bits per heavy atom. The van der Waals surface area contributed by atoms with Gasteiger partial charge in [-0.2, -0.15) is 0 Å². The molecule has 0 bridgehead atoms. The molecule has 0 atom stereocenters. The average Bonchev–Trinajstić information content (AvgIpc) is 2.84. The highest BCUT2D eigenvalue weighted by molar-refractivity contribution is 14.0. The van der Waals surface area contributed by atoms with Crippen molar-refractivity contribution in [3.05, 3.63) is 15.8 Å². The number of thiophene rings is 1. The summed E-state index contributed by atoms with van der Waals surface area (Å²) in [5.41, 5.74) is 5.98. The zero-order valence-corrected chi connectivity index (χ0v) is 18.4. The Morgan fingerprint density at radius 2 is 2.04 bits per heavy atom. The maximum Gasteiger partial charge on any atom is 0.241 e.